The Kier molecular flexibility index (Phi) is 2.32. The van der Waals surface area contributed by atoms with Gasteiger partial charge in [-0.2, -0.15) is 0 Å². The molecule has 2 atom stereocenters. The zero-order chi connectivity index (χ0) is 7.61. The second-order valence-corrected chi connectivity index (χ2v) is 3.68. The molecule has 0 amide bonds. The van der Waals surface area contributed by atoms with Gasteiger partial charge in [-0.05, 0) is 32.2 Å². The highest BCUT2D eigenvalue weighted by molar-refractivity contribution is 4.90. The van der Waals surface area contributed by atoms with E-state index in [1.165, 1.54) is 19.3 Å². The molecule has 0 saturated heterocycles. The molecular weight excluding hydrogens is 124 g/mol. The summed E-state index contributed by atoms with van der Waals surface area (Å²) in [4.78, 5) is 0. The third-order valence-corrected chi connectivity index (χ3v) is 2.74. The highest BCUT2D eigenvalue weighted by Crippen LogP contribution is 2.30. The van der Waals surface area contributed by atoms with Crippen LogP contribution in [0.3, 0.4) is 0 Å². The fourth-order valence-electron chi connectivity index (χ4n) is 1.82. The number of nitrogens with two attached hydrogens (primary N) is 2. The largest absolute Gasteiger partial charge is 0.330 e. The van der Waals surface area contributed by atoms with Crippen molar-refractivity contribution in [3.63, 3.8) is 0 Å². The summed E-state index contributed by atoms with van der Waals surface area (Å²) in [7, 11) is 0. The topological polar surface area (TPSA) is 52.0 Å². The van der Waals surface area contributed by atoms with Gasteiger partial charge in [-0.25, -0.2) is 0 Å². The highest BCUT2D eigenvalue weighted by atomic mass is 14.8. The van der Waals surface area contributed by atoms with Gasteiger partial charge in [0.25, 0.3) is 0 Å². The zero-order valence-corrected chi connectivity index (χ0v) is 6.77. The molecule has 2 unspecified atom stereocenters. The van der Waals surface area contributed by atoms with E-state index in [0.29, 0.717) is 5.92 Å². The lowest BCUT2D eigenvalue weighted by molar-refractivity contribution is 0.215. The Morgan fingerprint density at radius 3 is 2.60 bits per heavy atom. The van der Waals surface area contributed by atoms with Crippen molar-refractivity contribution in [3.8, 4) is 0 Å². The van der Waals surface area contributed by atoms with Gasteiger partial charge in [-0.15, -0.1) is 0 Å². The summed E-state index contributed by atoms with van der Waals surface area (Å²) < 4.78 is 0. The van der Waals surface area contributed by atoms with Gasteiger partial charge in [0.2, 0.25) is 0 Å². The van der Waals surface area contributed by atoms with Crippen LogP contribution in [0.15, 0.2) is 0 Å². The highest BCUT2D eigenvalue weighted by Gasteiger charge is 2.31. The SMILES string of the molecule is CC1(N)CCCCC1CN. The van der Waals surface area contributed by atoms with Gasteiger partial charge in [0.15, 0.2) is 0 Å². The van der Waals surface area contributed by atoms with Gasteiger partial charge >= 0.3 is 0 Å². The molecule has 0 heterocycles. The van der Waals surface area contributed by atoms with Crippen molar-refractivity contribution in [3.05, 3.63) is 0 Å². The Morgan fingerprint density at radius 2 is 2.20 bits per heavy atom. The van der Waals surface area contributed by atoms with E-state index in [4.69, 9.17) is 11.5 Å². The Morgan fingerprint density at radius 1 is 1.50 bits per heavy atom. The van der Waals surface area contributed by atoms with Gasteiger partial charge in [0.05, 0.1) is 0 Å². The van der Waals surface area contributed by atoms with Crippen LogP contribution in [-0.2, 0) is 0 Å². The van der Waals surface area contributed by atoms with Gasteiger partial charge in [-0.1, -0.05) is 12.8 Å². The standard InChI is InChI=1S/C8H18N2/c1-8(10)5-3-2-4-7(8)6-9/h7H,2-6,9-10H2,1H3. The summed E-state index contributed by atoms with van der Waals surface area (Å²) in [6.07, 6.45) is 4.97. The molecule has 0 spiro atoms. The molecule has 0 radical (unpaired) electrons. The van der Waals surface area contributed by atoms with Crippen molar-refractivity contribution >= 4 is 0 Å². The molecule has 0 aromatic heterocycles. The normalized spacial score (nSPS) is 41.7. The maximum Gasteiger partial charge on any atom is 0.0166 e. The van der Waals surface area contributed by atoms with E-state index in [1.807, 2.05) is 0 Å². The van der Waals surface area contributed by atoms with Crippen molar-refractivity contribution in [2.75, 3.05) is 6.54 Å². The summed E-state index contributed by atoms with van der Waals surface area (Å²) in [6.45, 7) is 2.89. The van der Waals surface area contributed by atoms with Crippen LogP contribution in [0, 0.1) is 5.92 Å². The summed E-state index contributed by atoms with van der Waals surface area (Å²) >= 11 is 0. The predicted octanol–water partition coefficient (Wildman–Crippen LogP) is 0.853. The van der Waals surface area contributed by atoms with Gasteiger partial charge in [-0.3, -0.25) is 0 Å². The first-order valence-electron chi connectivity index (χ1n) is 4.16. The monoisotopic (exact) mass is 142 g/mol. The van der Waals surface area contributed by atoms with Gasteiger partial charge in [0.1, 0.15) is 0 Å². The van der Waals surface area contributed by atoms with E-state index in [-0.39, 0.29) is 5.54 Å². The van der Waals surface area contributed by atoms with E-state index < -0.39 is 0 Å². The second kappa shape index (κ2) is 2.89. The van der Waals surface area contributed by atoms with Crippen LogP contribution < -0.4 is 11.5 Å². The average molecular weight is 142 g/mol. The van der Waals surface area contributed by atoms with Crippen molar-refractivity contribution in [2.45, 2.75) is 38.1 Å². The summed E-state index contributed by atoms with van der Waals surface area (Å²) in [5.74, 6) is 0.557. The van der Waals surface area contributed by atoms with Gasteiger partial charge in [0, 0.05) is 5.54 Å². The maximum atomic E-state index is 6.05. The van der Waals surface area contributed by atoms with E-state index in [0.717, 1.165) is 13.0 Å². The molecule has 0 aromatic rings. The van der Waals surface area contributed by atoms with Crippen LogP contribution in [0.25, 0.3) is 0 Å². The molecule has 0 aliphatic heterocycles. The van der Waals surface area contributed by atoms with Crippen molar-refractivity contribution in [2.24, 2.45) is 17.4 Å². The van der Waals surface area contributed by atoms with E-state index in [1.54, 1.807) is 0 Å². The molecule has 1 saturated carbocycles. The third kappa shape index (κ3) is 1.50. The first-order chi connectivity index (χ1) is 4.67. The van der Waals surface area contributed by atoms with Crippen LogP contribution in [-0.4, -0.2) is 12.1 Å². The summed E-state index contributed by atoms with van der Waals surface area (Å²) in [5, 5.41) is 0. The molecule has 0 aromatic carbocycles. The quantitative estimate of drug-likeness (QED) is 0.570. The number of hydrogen-bond acceptors (Lipinski definition) is 2. The smallest absolute Gasteiger partial charge is 0.0166 e. The fourth-order valence-corrected chi connectivity index (χ4v) is 1.82. The number of hydrogen-bond donors (Lipinski definition) is 2. The number of rotatable bonds is 1. The Balaban J connectivity index is 2.51. The van der Waals surface area contributed by atoms with Gasteiger partial charge < -0.3 is 11.5 Å². The fraction of sp³-hybridized carbons (Fsp3) is 1.00. The zero-order valence-electron chi connectivity index (χ0n) is 6.77. The minimum absolute atomic E-state index is 0.0208. The molecule has 1 aliphatic carbocycles. The Labute approximate surface area is 63.0 Å². The summed E-state index contributed by atoms with van der Waals surface area (Å²) in [5.41, 5.74) is 11.7. The molecule has 1 fully saturated rings. The van der Waals surface area contributed by atoms with E-state index in [2.05, 4.69) is 6.92 Å². The average Bonchev–Trinajstić information content (AvgIpc) is 1.87. The van der Waals surface area contributed by atoms with Crippen LogP contribution in [0.4, 0.5) is 0 Å². The Bertz CT molecular complexity index is 110. The molecule has 0 bridgehead atoms. The third-order valence-electron chi connectivity index (χ3n) is 2.74. The molecule has 60 valence electrons. The molecule has 4 N–H and O–H groups in total. The second-order valence-electron chi connectivity index (χ2n) is 3.68. The molecule has 1 aliphatic rings. The van der Waals surface area contributed by atoms with Crippen LogP contribution in [0.5, 0.6) is 0 Å². The lowest BCUT2D eigenvalue weighted by Crippen LogP contribution is -2.49. The predicted molar refractivity (Wildman–Crippen MR) is 43.6 cm³/mol. The summed E-state index contributed by atoms with van der Waals surface area (Å²) in [6, 6.07) is 0. The maximum absolute atomic E-state index is 6.05. The van der Waals surface area contributed by atoms with Crippen LogP contribution in [0.2, 0.25) is 0 Å². The lowest BCUT2D eigenvalue weighted by Gasteiger charge is -2.37. The molecule has 10 heavy (non-hydrogen) atoms. The lowest BCUT2D eigenvalue weighted by atomic mass is 9.75. The van der Waals surface area contributed by atoms with Crippen molar-refractivity contribution < 1.29 is 0 Å². The van der Waals surface area contributed by atoms with E-state index in [9.17, 15) is 0 Å². The molecular formula is C8H18N2. The van der Waals surface area contributed by atoms with Crippen LogP contribution in [0.1, 0.15) is 32.6 Å². The van der Waals surface area contributed by atoms with Crippen molar-refractivity contribution in [1.29, 1.82) is 0 Å². The molecule has 2 nitrogen and oxygen atoms in total. The minimum atomic E-state index is 0.0208. The van der Waals surface area contributed by atoms with Crippen molar-refractivity contribution in [1.82, 2.24) is 0 Å². The minimum Gasteiger partial charge on any atom is -0.330 e. The van der Waals surface area contributed by atoms with E-state index >= 15 is 0 Å². The molecule has 1 rings (SSSR count). The molecule has 2 heteroatoms. The first kappa shape index (κ1) is 8.02. The first-order valence-corrected chi connectivity index (χ1v) is 4.16. The van der Waals surface area contributed by atoms with Crippen LogP contribution >= 0.6 is 0 Å². The Hall–Kier alpha value is -0.0800.